The molecule has 0 unspecified atom stereocenters. The molecule has 2 amide bonds. The fourth-order valence-electron chi connectivity index (χ4n) is 0.802. The number of aromatic nitrogens is 1. The van der Waals surface area contributed by atoms with Crippen LogP contribution < -0.4 is 11.5 Å². The number of carbonyl (C=O) groups excluding carboxylic acids is 2. The van der Waals surface area contributed by atoms with Gasteiger partial charge in [-0.05, 0) is 19.1 Å². The monoisotopic (exact) mass is 217 g/mol. The second-order valence-corrected chi connectivity index (χ2v) is 3.17. The smallest absolute Gasteiger partial charge is 0.267 e. The third-order valence-electron chi connectivity index (χ3n) is 1.73. The van der Waals surface area contributed by atoms with Crippen LogP contribution in [0.3, 0.4) is 0 Å². The quantitative estimate of drug-likeness (QED) is 0.677. The van der Waals surface area contributed by atoms with Gasteiger partial charge in [-0.25, -0.2) is 0 Å². The molecular weight excluding hydrogens is 206 g/mol. The van der Waals surface area contributed by atoms with Crippen LogP contribution in [0.25, 0.3) is 0 Å². The first-order valence-corrected chi connectivity index (χ1v) is 4.57. The Bertz CT molecular complexity index is 448. The molecule has 0 fully saturated rings. The van der Waals surface area contributed by atoms with E-state index in [1.54, 1.807) is 0 Å². The van der Waals surface area contributed by atoms with E-state index in [1.165, 1.54) is 18.3 Å². The number of rotatable bonds is 2. The zero-order valence-corrected chi connectivity index (χ0v) is 8.73. The van der Waals surface area contributed by atoms with Gasteiger partial charge in [0, 0.05) is 11.8 Å². The van der Waals surface area contributed by atoms with Gasteiger partial charge in [0.1, 0.15) is 5.69 Å². The third kappa shape index (κ3) is 3.80. The Morgan fingerprint density at radius 2 is 1.88 bits per heavy atom. The van der Waals surface area contributed by atoms with Crippen molar-refractivity contribution in [3.05, 3.63) is 29.6 Å². The summed E-state index contributed by atoms with van der Waals surface area (Å²) in [6.07, 6.45) is 1.31. The second-order valence-electron chi connectivity index (χ2n) is 3.17. The molecule has 1 aromatic rings. The van der Waals surface area contributed by atoms with Gasteiger partial charge in [-0.2, -0.15) is 0 Å². The molecule has 0 aromatic carbocycles. The number of amides is 2. The Kier molecular flexibility index (Phi) is 3.62. The summed E-state index contributed by atoms with van der Waals surface area (Å²) in [5, 5.41) is 0. The summed E-state index contributed by atoms with van der Waals surface area (Å²) in [5.74, 6) is 4.98. The largest absolute Gasteiger partial charge is 0.366 e. The van der Waals surface area contributed by atoms with E-state index < -0.39 is 11.8 Å². The molecule has 0 radical (unpaired) electrons. The van der Waals surface area contributed by atoms with Crippen molar-refractivity contribution in [1.82, 2.24) is 4.98 Å². The van der Waals surface area contributed by atoms with Crippen LogP contribution >= 0.6 is 0 Å². The van der Waals surface area contributed by atoms with E-state index in [9.17, 15) is 9.59 Å². The van der Waals surface area contributed by atoms with Crippen molar-refractivity contribution in [3.63, 3.8) is 0 Å². The Balaban J connectivity index is 0.000000267. The number of hydrogen-bond acceptors (Lipinski definition) is 3. The summed E-state index contributed by atoms with van der Waals surface area (Å²) in [7, 11) is 0. The zero-order valence-electron chi connectivity index (χ0n) is 8.73. The van der Waals surface area contributed by atoms with E-state index in [0.29, 0.717) is 5.92 Å². The number of hydrogen-bond donors (Lipinski definition) is 2. The van der Waals surface area contributed by atoms with Crippen molar-refractivity contribution in [2.75, 3.05) is 0 Å². The van der Waals surface area contributed by atoms with Crippen LogP contribution in [0.1, 0.15) is 27.8 Å². The Morgan fingerprint density at radius 1 is 1.31 bits per heavy atom. The van der Waals surface area contributed by atoms with Crippen molar-refractivity contribution in [3.8, 4) is 11.8 Å². The van der Waals surface area contributed by atoms with Crippen LogP contribution in [0.2, 0.25) is 0 Å². The van der Waals surface area contributed by atoms with Gasteiger partial charge >= 0.3 is 0 Å². The molecular formula is C11H11N3O2. The molecule has 0 spiro atoms. The second kappa shape index (κ2) is 4.94. The zero-order chi connectivity index (χ0) is 12.1. The van der Waals surface area contributed by atoms with Crippen molar-refractivity contribution in [2.45, 2.75) is 6.92 Å². The molecule has 0 saturated heterocycles. The van der Waals surface area contributed by atoms with Crippen molar-refractivity contribution >= 4 is 11.8 Å². The predicted octanol–water partition coefficient (Wildman–Crippen LogP) is -0.0811. The summed E-state index contributed by atoms with van der Waals surface area (Å²) in [6.45, 7) is 2.06. The van der Waals surface area contributed by atoms with Gasteiger partial charge in [-0.3, -0.25) is 14.6 Å². The van der Waals surface area contributed by atoms with E-state index in [0.717, 1.165) is 0 Å². The normalized spacial score (nSPS) is 11.6. The summed E-state index contributed by atoms with van der Waals surface area (Å²) >= 11 is 0. The Morgan fingerprint density at radius 3 is 2.25 bits per heavy atom. The number of nitrogens with two attached hydrogens (primary N) is 2. The highest BCUT2D eigenvalue weighted by atomic mass is 16.1. The van der Waals surface area contributed by atoms with Crippen molar-refractivity contribution < 1.29 is 9.59 Å². The summed E-state index contributed by atoms with van der Waals surface area (Å²) in [6, 6.07) is 2.67. The van der Waals surface area contributed by atoms with Gasteiger partial charge in [-0.1, -0.05) is 11.8 Å². The maximum Gasteiger partial charge on any atom is 0.267 e. The lowest BCUT2D eigenvalue weighted by Crippen LogP contribution is -2.16. The van der Waals surface area contributed by atoms with Gasteiger partial charge in [0.25, 0.3) is 5.91 Å². The summed E-state index contributed by atoms with van der Waals surface area (Å²) in [4.78, 5) is 24.8. The maximum atomic E-state index is 10.6. The van der Waals surface area contributed by atoms with Crippen molar-refractivity contribution in [2.24, 2.45) is 17.4 Å². The summed E-state index contributed by atoms with van der Waals surface area (Å²) < 4.78 is 0. The first-order chi connectivity index (χ1) is 7.50. The topological polar surface area (TPSA) is 99.1 Å². The fourth-order valence-corrected chi connectivity index (χ4v) is 0.802. The first kappa shape index (κ1) is 11.7. The van der Waals surface area contributed by atoms with E-state index in [4.69, 9.17) is 11.5 Å². The molecule has 1 aliphatic rings. The van der Waals surface area contributed by atoms with Crippen molar-refractivity contribution in [1.29, 1.82) is 0 Å². The standard InChI is InChI=1S/C7H7N3O2.C4H4/c8-6(11)4-1-2-10-5(3-4)7(9)12;1-4-2-3-4/h1-3H,(H2,8,11)(H2,9,12);4H,1H3. The molecule has 5 nitrogen and oxygen atoms in total. The fraction of sp³-hybridized carbons (Fsp3) is 0.182. The highest BCUT2D eigenvalue weighted by Gasteiger charge is 2.05. The van der Waals surface area contributed by atoms with Gasteiger partial charge in [-0.15, -0.1) is 0 Å². The van der Waals surface area contributed by atoms with Gasteiger partial charge in [0.05, 0.1) is 5.92 Å². The van der Waals surface area contributed by atoms with Crippen LogP contribution in [-0.4, -0.2) is 16.8 Å². The third-order valence-corrected chi connectivity index (χ3v) is 1.73. The molecule has 5 heteroatoms. The van der Waals surface area contributed by atoms with Crippen LogP contribution in [0.4, 0.5) is 0 Å². The minimum absolute atomic E-state index is 0.0336. The number of carbonyl (C=O) groups is 2. The lowest BCUT2D eigenvalue weighted by molar-refractivity contribution is 0.0995. The van der Waals surface area contributed by atoms with E-state index >= 15 is 0 Å². The lowest BCUT2D eigenvalue weighted by Gasteiger charge is -1.96. The average Bonchev–Trinajstić information content (AvgIpc) is 3.02. The number of nitrogens with zero attached hydrogens (tertiary/aromatic N) is 1. The molecule has 0 atom stereocenters. The van der Waals surface area contributed by atoms with Crippen LogP contribution in [0, 0.1) is 17.8 Å². The molecule has 0 bridgehead atoms. The molecule has 1 aliphatic carbocycles. The molecule has 1 heterocycles. The Labute approximate surface area is 92.8 Å². The number of primary amides is 2. The van der Waals surface area contributed by atoms with E-state index in [-0.39, 0.29) is 11.3 Å². The van der Waals surface area contributed by atoms with Gasteiger partial charge in [0.15, 0.2) is 0 Å². The van der Waals surface area contributed by atoms with Gasteiger partial charge in [0.2, 0.25) is 5.91 Å². The highest BCUT2D eigenvalue weighted by molar-refractivity contribution is 5.97. The highest BCUT2D eigenvalue weighted by Crippen LogP contribution is 1.99. The number of pyridine rings is 1. The first-order valence-electron chi connectivity index (χ1n) is 4.57. The van der Waals surface area contributed by atoms with Crippen LogP contribution in [0.15, 0.2) is 18.3 Å². The van der Waals surface area contributed by atoms with Gasteiger partial charge < -0.3 is 11.5 Å². The SMILES string of the molecule is CC1C#C1.NC(=O)c1ccnc(C(N)=O)c1. The van der Waals surface area contributed by atoms with Crippen LogP contribution in [-0.2, 0) is 0 Å². The van der Waals surface area contributed by atoms with E-state index in [2.05, 4.69) is 23.7 Å². The minimum Gasteiger partial charge on any atom is -0.366 e. The molecule has 0 saturated carbocycles. The summed E-state index contributed by atoms with van der Waals surface area (Å²) in [5.41, 5.74) is 10.1. The predicted molar refractivity (Wildman–Crippen MR) is 58.2 cm³/mol. The molecule has 16 heavy (non-hydrogen) atoms. The minimum atomic E-state index is -0.682. The molecule has 82 valence electrons. The molecule has 0 aliphatic heterocycles. The molecule has 4 N–H and O–H groups in total. The molecule has 2 rings (SSSR count). The lowest BCUT2D eigenvalue weighted by atomic mass is 10.2. The van der Waals surface area contributed by atoms with Crippen LogP contribution in [0.5, 0.6) is 0 Å². The Hall–Kier alpha value is -2.35. The molecule has 1 aromatic heterocycles. The average molecular weight is 217 g/mol. The maximum absolute atomic E-state index is 10.6. The van der Waals surface area contributed by atoms with E-state index in [1.807, 2.05) is 0 Å².